The summed E-state index contributed by atoms with van der Waals surface area (Å²) >= 11 is 1.75. The van der Waals surface area contributed by atoms with Gasteiger partial charge in [0.2, 0.25) is 0 Å². The highest BCUT2D eigenvalue weighted by Crippen LogP contribution is 2.22. The van der Waals surface area contributed by atoms with Crippen LogP contribution >= 0.6 is 11.3 Å². The van der Waals surface area contributed by atoms with E-state index in [0.29, 0.717) is 12.1 Å². The third-order valence-corrected chi connectivity index (χ3v) is 5.27. The monoisotopic (exact) mass is 315 g/mol. The fourth-order valence-electron chi connectivity index (χ4n) is 2.99. The van der Waals surface area contributed by atoms with Crippen molar-refractivity contribution in [3.05, 3.63) is 40.7 Å². The van der Waals surface area contributed by atoms with Gasteiger partial charge in [0, 0.05) is 29.6 Å². The quantitative estimate of drug-likeness (QED) is 0.910. The maximum atomic E-state index is 4.75. The van der Waals surface area contributed by atoms with Gasteiger partial charge in [0.15, 0.2) is 0 Å². The zero-order valence-electron chi connectivity index (χ0n) is 13.5. The van der Waals surface area contributed by atoms with Crippen molar-refractivity contribution in [3.8, 4) is 11.3 Å². The molecule has 1 fully saturated rings. The molecule has 0 amide bonds. The molecule has 118 valence electrons. The molecule has 0 radical (unpaired) electrons. The van der Waals surface area contributed by atoms with E-state index in [2.05, 4.69) is 53.7 Å². The number of thiazole rings is 1. The van der Waals surface area contributed by atoms with Crippen LogP contribution in [-0.4, -0.2) is 35.1 Å². The molecular weight excluding hydrogens is 290 g/mol. The first-order chi connectivity index (χ1) is 10.7. The molecule has 1 aliphatic rings. The van der Waals surface area contributed by atoms with Crippen LogP contribution in [0, 0.1) is 0 Å². The fraction of sp³-hybridized carbons (Fsp3) is 0.500. The third kappa shape index (κ3) is 3.94. The van der Waals surface area contributed by atoms with E-state index < -0.39 is 0 Å². The van der Waals surface area contributed by atoms with Gasteiger partial charge < -0.3 is 10.2 Å². The molecule has 1 aliphatic heterocycles. The summed E-state index contributed by atoms with van der Waals surface area (Å²) in [5.41, 5.74) is 2.30. The maximum absolute atomic E-state index is 4.75. The standard InChI is InChI=1S/C18H25N3S/c1-14(2)21-10-8-16(9-11-21)19-12-18-20-17(13-22-18)15-6-4-3-5-7-15/h3-7,13-14,16,19H,8-12H2,1-2H3. The number of likely N-dealkylation sites (tertiary alicyclic amines) is 1. The van der Waals surface area contributed by atoms with Crippen LogP contribution < -0.4 is 5.32 Å². The Hall–Kier alpha value is -1.23. The average Bonchev–Trinajstić information content (AvgIpc) is 3.03. The lowest BCUT2D eigenvalue weighted by molar-refractivity contribution is 0.161. The Labute approximate surface area is 137 Å². The highest BCUT2D eigenvalue weighted by Gasteiger charge is 2.20. The molecule has 4 heteroatoms. The molecular formula is C18H25N3S. The Morgan fingerprint density at radius 3 is 2.64 bits per heavy atom. The van der Waals surface area contributed by atoms with E-state index in [9.17, 15) is 0 Å². The minimum absolute atomic E-state index is 0.638. The second kappa shape index (κ2) is 7.36. The first-order valence-electron chi connectivity index (χ1n) is 8.19. The molecule has 0 atom stereocenters. The third-order valence-electron chi connectivity index (χ3n) is 4.42. The van der Waals surface area contributed by atoms with E-state index >= 15 is 0 Å². The van der Waals surface area contributed by atoms with Crippen molar-refractivity contribution in [2.75, 3.05) is 13.1 Å². The van der Waals surface area contributed by atoms with Crippen molar-refractivity contribution in [1.29, 1.82) is 0 Å². The van der Waals surface area contributed by atoms with E-state index in [-0.39, 0.29) is 0 Å². The number of nitrogens with one attached hydrogen (secondary N) is 1. The van der Waals surface area contributed by atoms with E-state index in [1.165, 1.54) is 36.5 Å². The summed E-state index contributed by atoms with van der Waals surface area (Å²) in [6.07, 6.45) is 2.49. The molecule has 3 nitrogen and oxygen atoms in total. The predicted molar refractivity (Wildman–Crippen MR) is 94.1 cm³/mol. The number of piperidine rings is 1. The molecule has 1 aromatic carbocycles. The van der Waals surface area contributed by atoms with Gasteiger partial charge in [0.1, 0.15) is 5.01 Å². The van der Waals surface area contributed by atoms with E-state index in [0.717, 1.165) is 12.2 Å². The van der Waals surface area contributed by atoms with Crippen molar-refractivity contribution >= 4 is 11.3 Å². The summed E-state index contributed by atoms with van der Waals surface area (Å²) in [4.78, 5) is 7.32. The Balaban J connectivity index is 1.50. The zero-order valence-corrected chi connectivity index (χ0v) is 14.3. The van der Waals surface area contributed by atoms with Gasteiger partial charge in [0.25, 0.3) is 0 Å². The first-order valence-corrected chi connectivity index (χ1v) is 9.07. The lowest BCUT2D eigenvalue weighted by Gasteiger charge is -2.34. The summed E-state index contributed by atoms with van der Waals surface area (Å²) < 4.78 is 0. The van der Waals surface area contributed by atoms with E-state index in [1.54, 1.807) is 11.3 Å². The van der Waals surface area contributed by atoms with Gasteiger partial charge in [-0.2, -0.15) is 0 Å². The van der Waals surface area contributed by atoms with Gasteiger partial charge in [-0.3, -0.25) is 0 Å². The van der Waals surface area contributed by atoms with Crippen LogP contribution in [0.1, 0.15) is 31.7 Å². The normalized spacial score (nSPS) is 17.2. The second-order valence-electron chi connectivity index (χ2n) is 6.28. The summed E-state index contributed by atoms with van der Waals surface area (Å²) in [7, 11) is 0. The van der Waals surface area contributed by atoms with Crippen LogP contribution in [0.15, 0.2) is 35.7 Å². The number of benzene rings is 1. The molecule has 2 aromatic rings. The lowest BCUT2D eigenvalue weighted by Crippen LogP contribution is -2.44. The minimum Gasteiger partial charge on any atom is -0.308 e. The van der Waals surface area contributed by atoms with Crippen LogP contribution in [-0.2, 0) is 6.54 Å². The van der Waals surface area contributed by atoms with Gasteiger partial charge in [-0.05, 0) is 39.8 Å². The van der Waals surface area contributed by atoms with Crippen LogP contribution in [0.2, 0.25) is 0 Å². The van der Waals surface area contributed by atoms with Gasteiger partial charge >= 0.3 is 0 Å². The molecule has 22 heavy (non-hydrogen) atoms. The number of rotatable bonds is 5. The van der Waals surface area contributed by atoms with Crippen LogP contribution in [0.5, 0.6) is 0 Å². The summed E-state index contributed by atoms with van der Waals surface area (Å²) in [6.45, 7) is 7.89. The van der Waals surface area contributed by atoms with Crippen molar-refractivity contribution in [2.45, 2.75) is 45.3 Å². The van der Waals surface area contributed by atoms with Crippen molar-refractivity contribution in [2.24, 2.45) is 0 Å². The molecule has 0 bridgehead atoms. The summed E-state index contributed by atoms with van der Waals surface area (Å²) in [5.74, 6) is 0. The molecule has 1 aromatic heterocycles. The molecule has 0 saturated carbocycles. The van der Waals surface area contributed by atoms with Gasteiger partial charge in [-0.1, -0.05) is 30.3 Å². The minimum atomic E-state index is 0.638. The smallest absolute Gasteiger partial charge is 0.107 e. The van der Waals surface area contributed by atoms with Crippen molar-refractivity contribution in [3.63, 3.8) is 0 Å². The Morgan fingerprint density at radius 1 is 1.23 bits per heavy atom. The van der Waals surface area contributed by atoms with E-state index in [1.807, 2.05) is 6.07 Å². The summed E-state index contributed by atoms with van der Waals surface area (Å²) in [6, 6.07) is 11.7. The topological polar surface area (TPSA) is 28.2 Å². The Bertz CT molecular complexity index is 571. The number of aromatic nitrogens is 1. The zero-order chi connectivity index (χ0) is 15.4. The highest BCUT2D eigenvalue weighted by molar-refractivity contribution is 7.09. The molecule has 1 saturated heterocycles. The lowest BCUT2D eigenvalue weighted by atomic mass is 10.0. The molecule has 0 aliphatic carbocycles. The fourth-order valence-corrected chi connectivity index (χ4v) is 3.74. The molecule has 3 rings (SSSR count). The number of hydrogen-bond acceptors (Lipinski definition) is 4. The largest absolute Gasteiger partial charge is 0.308 e. The summed E-state index contributed by atoms with van der Waals surface area (Å²) in [5, 5.41) is 7.03. The van der Waals surface area contributed by atoms with Gasteiger partial charge in [0.05, 0.1) is 5.69 Å². The SMILES string of the molecule is CC(C)N1CCC(NCc2nc(-c3ccccc3)cs2)CC1. The van der Waals surface area contributed by atoms with Crippen LogP contribution in [0.3, 0.4) is 0 Å². The van der Waals surface area contributed by atoms with Crippen molar-refractivity contribution < 1.29 is 0 Å². The second-order valence-corrected chi connectivity index (χ2v) is 7.22. The van der Waals surface area contributed by atoms with Crippen molar-refractivity contribution in [1.82, 2.24) is 15.2 Å². The molecule has 2 heterocycles. The van der Waals surface area contributed by atoms with Gasteiger partial charge in [-0.15, -0.1) is 11.3 Å². The molecule has 0 spiro atoms. The van der Waals surface area contributed by atoms with Gasteiger partial charge in [-0.25, -0.2) is 4.98 Å². The Kier molecular flexibility index (Phi) is 5.24. The highest BCUT2D eigenvalue weighted by atomic mass is 32.1. The maximum Gasteiger partial charge on any atom is 0.107 e. The van der Waals surface area contributed by atoms with Crippen LogP contribution in [0.4, 0.5) is 0 Å². The predicted octanol–water partition coefficient (Wildman–Crippen LogP) is 3.77. The Morgan fingerprint density at radius 2 is 1.95 bits per heavy atom. The van der Waals surface area contributed by atoms with Crippen LogP contribution in [0.25, 0.3) is 11.3 Å². The average molecular weight is 315 g/mol. The number of nitrogens with zero attached hydrogens (tertiary/aromatic N) is 2. The van der Waals surface area contributed by atoms with E-state index in [4.69, 9.17) is 4.98 Å². The molecule has 0 unspecified atom stereocenters. The molecule has 1 N–H and O–H groups in total. The number of hydrogen-bond donors (Lipinski definition) is 1. The first kappa shape index (κ1) is 15.7.